The molecule has 0 aromatic heterocycles. The Morgan fingerprint density at radius 3 is 2.53 bits per heavy atom. The number of piperidine rings is 1. The lowest BCUT2D eigenvalue weighted by atomic mass is 9.95. The van der Waals surface area contributed by atoms with E-state index in [4.69, 9.17) is 0 Å². The SMILES string of the molecule is CCCN1CCC(CN2CCNC(C)C2)CC1. The predicted molar refractivity (Wildman–Crippen MR) is 73.4 cm³/mol. The summed E-state index contributed by atoms with van der Waals surface area (Å²) in [6.07, 6.45) is 4.14. The number of nitrogens with one attached hydrogen (secondary N) is 1. The van der Waals surface area contributed by atoms with Crippen LogP contribution in [0.4, 0.5) is 0 Å². The van der Waals surface area contributed by atoms with Crippen molar-refractivity contribution in [2.75, 3.05) is 45.8 Å². The molecule has 2 heterocycles. The van der Waals surface area contributed by atoms with Gasteiger partial charge in [0, 0.05) is 32.2 Å². The summed E-state index contributed by atoms with van der Waals surface area (Å²) < 4.78 is 0. The first-order valence-electron chi connectivity index (χ1n) is 7.46. The normalized spacial score (nSPS) is 29.6. The van der Waals surface area contributed by atoms with Crippen molar-refractivity contribution in [1.29, 1.82) is 0 Å². The van der Waals surface area contributed by atoms with Crippen LogP contribution in [0.1, 0.15) is 33.1 Å². The molecule has 100 valence electrons. The zero-order chi connectivity index (χ0) is 12.1. The molecule has 2 aliphatic rings. The number of nitrogens with zero attached hydrogens (tertiary/aromatic N) is 2. The van der Waals surface area contributed by atoms with E-state index in [0.29, 0.717) is 6.04 Å². The minimum atomic E-state index is 0.684. The highest BCUT2D eigenvalue weighted by molar-refractivity contribution is 4.79. The zero-order valence-electron chi connectivity index (χ0n) is 11.6. The van der Waals surface area contributed by atoms with Crippen molar-refractivity contribution in [1.82, 2.24) is 15.1 Å². The first-order chi connectivity index (χ1) is 8.28. The summed E-state index contributed by atoms with van der Waals surface area (Å²) in [4.78, 5) is 5.30. The van der Waals surface area contributed by atoms with Gasteiger partial charge in [-0.05, 0) is 51.7 Å². The van der Waals surface area contributed by atoms with E-state index in [1.807, 2.05) is 0 Å². The molecule has 0 bridgehead atoms. The van der Waals surface area contributed by atoms with Gasteiger partial charge in [-0.3, -0.25) is 0 Å². The molecule has 2 saturated heterocycles. The Morgan fingerprint density at radius 1 is 1.12 bits per heavy atom. The smallest absolute Gasteiger partial charge is 0.0167 e. The zero-order valence-corrected chi connectivity index (χ0v) is 11.6. The van der Waals surface area contributed by atoms with E-state index < -0.39 is 0 Å². The van der Waals surface area contributed by atoms with E-state index in [9.17, 15) is 0 Å². The highest BCUT2D eigenvalue weighted by atomic mass is 15.2. The lowest BCUT2D eigenvalue weighted by Crippen LogP contribution is -2.51. The van der Waals surface area contributed by atoms with E-state index in [2.05, 4.69) is 29.0 Å². The topological polar surface area (TPSA) is 18.5 Å². The molecule has 0 saturated carbocycles. The molecule has 0 amide bonds. The Balaban J connectivity index is 1.67. The molecule has 0 spiro atoms. The molecule has 1 unspecified atom stereocenters. The van der Waals surface area contributed by atoms with Crippen LogP contribution in [0.3, 0.4) is 0 Å². The average Bonchev–Trinajstić information content (AvgIpc) is 2.32. The van der Waals surface area contributed by atoms with Crippen LogP contribution < -0.4 is 5.32 Å². The maximum absolute atomic E-state index is 3.52. The molecule has 17 heavy (non-hydrogen) atoms. The van der Waals surface area contributed by atoms with Crippen LogP contribution in [-0.4, -0.2) is 61.7 Å². The predicted octanol–water partition coefficient (Wildman–Crippen LogP) is 1.40. The van der Waals surface area contributed by atoms with Crippen LogP contribution >= 0.6 is 0 Å². The van der Waals surface area contributed by atoms with Gasteiger partial charge in [-0.2, -0.15) is 0 Å². The van der Waals surface area contributed by atoms with Crippen molar-refractivity contribution in [3.63, 3.8) is 0 Å². The van der Waals surface area contributed by atoms with Gasteiger partial charge in [-0.1, -0.05) is 6.92 Å². The molecule has 0 aromatic rings. The second-order valence-electron chi connectivity index (χ2n) is 5.90. The summed E-state index contributed by atoms with van der Waals surface area (Å²) in [5.74, 6) is 0.952. The van der Waals surface area contributed by atoms with Crippen LogP contribution in [-0.2, 0) is 0 Å². The molecule has 3 heteroatoms. The highest BCUT2D eigenvalue weighted by Gasteiger charge is 2.23. The van der Waals surface area contributed by atoms with E-state index in [1.54, 1.807) is 0 Å². The number of hydrogen-bond donors (Lipinski definition) is 1. The maximum atomic E-state index is 3.52. The second kappa shape index (κ2) is 6.72. The van der Waals surface area contributed by atoms with Crippen molar-refractivity contribution in [3.05, 3.63) is 0 Å². The molecule has 0 radical (unpaired) electrons. The lowest BCUT2D eigenvalue weighted by Gasteiger charge is -2.37. The number of hydrogen-bond acceptors (Lipinski definition) is 3. The van der Waals surface area contributed by atoms with Gasteiger partial charge in [0.1, 0.15) is 0 Å². The molecule has 3 nitrogen and oxygen atoms in total. The summed E-state index contributed by atoms with van der Waals surface area (Å²) >= 11 is 0. The first-order valence-corrected chi connectivity index (χ1v) is 7.46. The quantitative estimate of drug-likeness (QED) is 0.800. The Labute approximate surface area is 107 Å². The van der Waals surface area contributed by atoms with E-state index in [1.165, 1.54) is 65.1 Å². The third-order valence-corrected chi connectivity index (χ3v) is 4.22. The fourth-order valence-corrected chi connectivity index (χ4v) is 3.25. The van der Waals surface area contributed by atoms with E-state index >= 15 is 0 Å². The van der Waals surface area contributed by atoms with Gasteiger partial charge >= 0.3 is 0 Å². The lowest BCUT2D eigenvalue weighted by molar-refractivity contribution is 0.126. The number of piperazine rings is 1. The van der Waals surface area contributed by atoms with Crippen LogP contribution in [0.25, 0.3) is 0 Å². The van der Waals surface area contributed by atoms with Gasteiger partial charge in [0.25, 0.3) is 0 Å². The molecule has 0 aliphatic carbocycles. The Hall–Kier alpha value is -0.120. The van der Waals surface area contributed by atoms with Gasteiger partial charge in [0.2, 0.25) is 0 Å². The van der Waals surface area contributed by atoms with Gasteiger partial charge in [0.05, 0.1) is 0 Å². The molecule has 1 N–H and O–H groups in total. The fourth-order valence-electron chi connectivity index (χ4n) is 3.25. The summed E-state index contributed by atoms with van der Waals surface area (Å²) in [6, 6.07) is 0.684. The summed E-state index contributed by atoms with van der Waals surface area (Å²) in [5.41, 5.74) is 0. The van der Waals surface area contributed by atoms with Crippen molar-refractivity contribution in [2.24, 2.45) is 5.92 Å². The van der Waals surface area contributed by atoms with Gasteiger partial charge in [-0.25, -0.2) is 0 Å². The van der Waals surface area contributed by atoms with Gasteiger partial charge in [-0.15, -0.1) is 0 Å². The molecule has 2 fully saturated rings. The van der Waals surface area contributed by atoms with Crippen molar-refractivity contribution < 1.29 is 0 Å². The molecule has 2 aliphatic heterocycles. The van der Waals surface area contributed by atoms with Gasteiger partial charge in [0.15, 0.2) is 0 Å². The van der Waals surface area contributed by atoms with Crippen molar-refractivity contribution in [2.45, 2.75) is 39.2 Å². The summed E-state index contributed by atoms with van der Waals surface area (Å²) in [6.45, 7) is 13.6. The largest absolute Gasteiger partial charge is 0.312 e. The van der Waals surface area contributed by atoms with Crippen LogP contribution in [0.15, 0.2) is 0 Å². The fraction of sp³-hybridized carbons (Fsp3) is 1.00. The number of rotatable bonds is 4. The highest BCUT2D eigenvalue weighted by Crippen LogP contribution is 2.19. The third-order valence-electron chi connectivity index (χ3n) is 4.22. The van der Waals surface area contributed by atoms with Crippen molar-refractivity contribution in [3.8, 4) is 0 Å². The molecule has 2 rings (SSSR count). The maximum Gasteiger partial charge on any atom is 0.0167 e. The Kier molecular flexibility index (Phi) is 5.26. The summed E-state index contributed by atoms with van der Waals surface area (Å²) in [7, 11) is 0. The van der Waals surface area contributed by atoms with Gasteiger partial charge < -0.3 is 15.1 Å². The van der Waals surface area contributed by atoms with E-state index in [-0.39, 0.29) is 0 Å². The Morgan fingerprint density at radius 2 is 1.88 bits per heavy atom. The van der Waals surface area contributed by atoms with Crippen LogP contribution in [0, 0.1) is 5.92 Å². The van der Waals surface area contributed by atoms with E-state index in [0.717, 1.165) is 5.92 Å². The van der Waals surface area contributed by atoms with Crippen molar-refractivity contribution >= 4 is 0 Å². The minimum absolute atomic E-state index is 0.684. The average molecular weight is 239 g/mol. The summed E-state index contributed by atoms with van der Waals surface area (Å²) in [5, 5.41) is 3.52. The monoisotopic (exact) mass is 239 g/mol. The Bertz CT molecular complexity index is 212. The van der Waals surface area contributed by atoms with Crippen LogP contribution in [0.5, 0.6) is 0 Å². The number of likely N-dealkylation sites (tertiary alicyclic amines) is 1. The van der Waals surface area contributed by atoms with Crippen LogP contribution in [0.2, 0.25) is 0 Å². The minimum Gasteiger partial charge on any atom is -0.312 e. The third kappa shape index (κ3) is 4.23. The standard InChI is InChI=1S/C14H29N3/c1-3-7-16-8-4-14(5-9-16)12-17-10-6-15-13(2)11-17/h13-15H,3-12H2,1-2H3. The molecule has 0 aromatic carbocycles. The molecule has 1 atom stereocenters. The first kappa shape index (κ1) is 13.3. The molecular formula is C14H29N3. The molecular weight excluding hydrogens is 210 g/mol. The second-order valence-corrected chi connectivity index (χ2v) is 5.90.